The number of fused-ring (bicyclic) bond motifs is 1. The molecule has 0 aliphatic heterocycles. The summed E-state index contributed by atoms with van der Waals surface area (Å²) in [5, 5.41) is 10.6. The fourth-order valence-corrected chi connectivity index (χ4v) is 2.02. The van der Waals surface area contributed by atoms with Crippen LogP contribution in [0.4, 0.5) is 0 Å². The third kappa shape index (κ3) is 2.06. The number of carbonyl (C=O) groups is 1. The Morgan fingerprint density at radius 2 is 1.74 bits per heavy atom. The molecular formula is C16H11NO2. The molecule has 92 valence electrons. The molecule has 3 heteroatoms. The van der Waals surface area contributed by atoms with E-state index in [1.807, 2.05) is 24.3 Å². The number of hydrogen-bond acceptors (Lipinski definition) is 3. The number of benzene rings is 2. The molecule has 0 saturated carbocycles. The Bertz CT molecular complexity index is 765. The molecule has 0 aliphatic rings. The maximum absolute atomic E-state index is 12.3. The predicted molar refractivity (Wildman–Crippen MR) is 73.3 cm³/mol. The zero-order chi connectivity index (χ0) is 13.2. The Morgan fingerprint density at radius 3 is 2.58 bits per heavy atom. The molecule has 0 unspecified atom stereocenters. The maximum Gasteiger partial charge on any atom is 0.198 e. The zero-order valence-corrected chi connectivity index (χ0v) is 10.1. The molecule has 0 spiro atoms. The number of aromatic hydroxyl groups is 1. The van der Waals surface area contributed by atoms with Crippen LogP contribution in [0.25, 0.3) is 10.9 Å². The third-order valence-electron chi connectivity index (χ3n) is 3.00. The first-order valence-corrected chi connectivity index (χ1v) is 5.93. The highest BCUT2D eigenvalue weighted by Crippen LogP contribution is 2.21. The Kier molecular flexibility index (Phi) is 2.72. The monoisotopic (exact) mass is 249 g/mol. The number of ketones is 1. The second-order valence-corrected chi connectivity index (χ2v) is 4.26. The number of pyridine rings is 1. The van der Waals surface area contributed by atoms with Crippen LogP contribution < -0.4 is 0 Å². The Labute approximate surface area is 110 Å². The summed E-state index contributed by atoms with van der Waals surface area (Å²) in [6.45, 7) is 0. The van der Waals surface area contributed by atoms with Crippen molar-refractivity contribution in [3.8, 4) is 5.75 Å². The summed E-state index contributed by atoms with van der Waals surface area (Å²) in [5.41, 5.74) is 1.61. The van der Waals surface area contributed by atoms with Crippen molar-refractivity contribution in [2.24, 2.45) is 0 Å². The van der Waals surface area contributed by atoms with Crippen LogP contribution in [0.3, 0.4) is 0 Å². The van der Waals surface area contributed by atoms with Gasteiger partial charge in [0.05, 0.1) is 11.1 Å². The van der Waals surface area contributed by atoms with Crippen molar-refractivity contribution in [2.45, 2.75) is 0 Å². The summed E-state index contributed by atoms with van der Waals surface area (Å²) in [5.74, 6) is -0.239. The van der Waals surface area contributed by atoms with Crippen molar-refractivity contribution < 1.29 is 9.90 Å². The fraction of sp³-hybridized carbons (Fsp3) is 0. The summed E-state index contributed by atoms with van der Waals surface area (Å²) in [6.07, 6.45) is 1.54. The van der Waals surface area contributed by atoms with E-state index in [0.717, 1.165) is 10.9 Å². The molecular weight excluding hydrogens is 238 g/mol. The van der Waals surface area contributed by atoms with E-state index in [1.165, 1.54) is 12.3 Å². The van der Waals surface area contributed by atoms with Gasteiger partial charge in [0.2, 0.25) is 0 Å². The summed E-state index contributed by atoms with van der Waals surface area (Å²) >= 11 is 0. The lowest BCUT2D eigenvalue weighted by molar-refractivity contribution is 0.103. The van der Waals surface area contributed by atoms with Crippen molar-refractivity contribution in [1.82, 2.24) is 4.98 Å². The van der Waals surface area contributed by atoms with Crippen LogP contribution in [0, 0.1) is 0 Å². The average Bonchev–Trinajstić information content (AvgIpc) is 2.46. The fourth-order valence-electron chi connectivity index (χ4n) is 2.02. The molecule has 0 amide bonds. The minimum absolute atomic E-state index is 0.0133. The van der Waals surface area contributed by atoms with Crippen LogP contribution in [-0.4, -0.2) is 15.9 Å². The SMILES string of the molecule is O=C(c1cnc2ccccc2c1)c1ccccc1O. The number of aromatic nitrogens is 1. The third-order valence-corrected chi connectivity index (χ3v) is 3.00. The van der Waals surface area contributed by atoms with Crippen LogP contribution in [0.2, 0.25) is 0 Å². The summed E-state index contributed by atoms with van der Waals surface area (Å²) in [6, 6.07) is 15.9. The Hall–Kier alpha value is -2.68. The molecule has 2 aromatic carbocycles. The van der Waals surface area contributed by atoms with Gasteiger partial charge in [-0.25, -0.2) is 0 Å². The second-order valence-electron chi connectivity index (χ2n) is 4.26. The van der Waals surface area contributed by atoms with Crippen LogP contribution in [-0.2, 0) is 0 Å². The smallest absolute Gasteiger partial charge is 0.198 e. The van der Waals surface area contributed by atoms with Crippen LogP contribution in [0.1, 0.15) is 15.9 Å². The van der Waals surface area contributed by atoms with Gasteiger partial charge in [0.15, 0.2) is 5.78 Å². The normalized spacial score (nSPS) is 10.5. The van der Waals surface area contributed by atoms with E-state index in [4.69, 9.17) is 0 Å². The highest BCUT2D eigenvalue weighted by atomic mass is 16.3. The highest BCUT2D eigenvalue weighted by Gasteiger charge is 2.13. The molecule has 0 saturated heterocycles. The highest BCUT2D eigenvalue weighted by molar-refractivity contribution is 6.11. The van der Waals surface area contributed by atoms with Crippen LogP contribution in [0.15, 0.2) is 60.8 Å². The van der Waals surface area contributed by atoms with Gasteiger partial charge in [0, 0.05) is 17.1 Å². The van der Waals surface area contributed by atoms with E-state index in [0.29, 0.717) is 11.1 Å². The number of phenols is 1. The topological polar surface area (TPSA) is 50.2 Å². The molecule has 0 radical (unpaired) electrons. The van der Waals surface area contributed by atoms with E-state index < -0.39 is 0 Å². The first-order valence-electron chi connectivity index (χ1n) is 5.93. The molecule has 1 N–H and O–H groups in total. The number of para-hydroxylation sites is 2. The predicted octanol–water partition coefficient (Wildman–Crippen LogP) is 3.17. The minimum Gasteiger partial charge on any atom is -0.507 e. The largest absolute Gasteiger partial charge is 0.507 e. The van der Waals surface area contributed by atoms with Crippen molar-refractivity contribution in [1.29, 1.82) is 0 Å². The number of carbonyl (C=O) groups excluding carboxylic acids is 1. The summed E-state index contributed by atoms with van der Waals surface area (Å²) in [4.78, 5) is 16.6. The van der Waals surface area contributed by atoms with Crippen molar-refractivity contribution in [3.63, 3.8) is 0 Å². The molecule has 19 heavy (non-hydrogen) atoms. The van der Waals surface area contributed by atoms with Gasteiger partial charge in [-0.3, -0.25) is 9.78 Å². The average molecular weight is 249 g/mol. The quantitative estimate of drug-likeness (QED) is 0.710. The summed E-state index contributed by atoms with van der Waals surface area (Å²) < 4.78 is 0. The first kappa shape index (κ1) is 11.4. The van der Waals surface area contributed by atoms with E-state index in [9.17, 15) is 9.90 Å². The van der Waals surface area contributed by atoms with E-state index in [1.54, 1.807) is 24.3 Å². The molecule has 3 rings (SSSR count). The lowest BCUT2D eigenvalue weighted by atomic mass is 10.0. The second kappa shape index (κ2) is 4.53. The van der Waals surface area contributed by atoms with Crippen LogP contribution >= 0.6 is 0 Å². The van der Waals surface area contributed by atoms with Gasteiger partial charge in [-0.1, -0.05) is 30.3 Å². The number of phenolic OH excluding ortho intramolecular Hbond substituents is 1. The van der Waals surface area contributed by atoms with E-state index >= 15 is 0 Å². The molecule has 1 aromatic heterocycles. The van der Waals surface area contributed by atoms with Crippen LogP contribution in [0.5, 0.6) is 5.75 Å². The van der Waals surface area contributed by atoms with Gasteiger partial charge in [-0.2, -0.15) is 0 Å². The molecule has 0 aliphatic carbocycles. The van der Waals surface area contributed by atoms with Gasteiger partial charge in [-0.15, -0.1) is 0 Å². The molecule has 0 bridgehead atoms. The standard InChI is InChI=1S/C16H11NO2/c18-15-8-4-2-6-13(15)16(19)12-9-11-5-1-3-7-14(11)17-10-12/h1-10,18H. The van der Waals surface area contributed by atoms with E-state index in [-0.39, 0.29) is 11.5 Å². The van der Waals surface area contributed by atoms with Gasteiger partial charge in [0.1, 0.15) is 5.75 Å². The number of rotatable bonds is 2. The Balaban J connectivity index is 2.09. The number of hydrogen-bond donors (Lipinski definition) is 1. The molecule has 1 heterocycles. The molecule has 0 atom stereocenters. The van der Waals surface area contributed by atoms with Crippen molar-refractivity contribution in [3.05, 3.63) is 71.9 Å². The zero-order valence-electron chi connectivity index (χ0n) is 10.1. The first-order chi connectivity index (χ1) is 9.25. The minimum atomic E-state index is -0.226. The molecule has 3 nitrogen and oxygen atoms in total. The van der Waals surface area contributed by atoms with Crippen molar-refractivity contribution in [2.75, 3.05) is 0 Å². The van der Waals surface area contributed by atoms with Crippen molar-refractivity contribution >= 4 is 16.7 Å². The lowest BCUT2D eigenvalue weighted by Crippen LogP contribution is -2.02. The summed E-state index contributed by atoms with van der Waals surface area (Å²) in [7, 11) is 0. The lowest BCUT2D eigenvalue weighted by Gasteiger charge is -2.04. The maximum atomic E-state index is 12.3. The van der Waals surface area contributed by atoms with Gasteiger partial charge >= 0.3 is 0 Å². The molecule has 0 fully saturated rings. The van der Waals surface area contributed by atoms with Gasteiger partial charge in [0.25, 0.3) is 0 Å². The van der Waals surface area contributed by atoms with E-state index in [2.05, 4.69) is 4.98 Å². The van der Waals surface area contributed by atoms with Gasteiger partial charge < -0.3 is 5.11 Å². The van der Waals surface area contributed by atoms with Gasteiger partial charge in [-0.05, 0) is 24.3 Å². The number of nitrogens with zero attached hydrogens (tertiary/aromatic N) is 1. The Morgan fingerprint density at radius 1 is 1.00 bits per heavy atom. The molecule has 3 aromatic rings.